The lowest BCUT2D eigenvalue weighted by Gasteiger charge is -2.27. The van der Waals surface area contributed by atoms with Crippen molar-refractivity contribution in [2.24, 2.45) is 0 Å². The average Bonchev–Trinajstić information content (AvgIpc) is 3.37. The summed E-state index contributed by atoms with van der Waals surface area (Å²) in [6.45, 7) is 6.90. The van der Waals surface area contributed by atoms with Crippen LogP contribution in [-0.2, 0) is 22.4 Å². The highest BCUT2D eigenvalue weighted by Gasteiger charge is 2.36. The van der Waals surface area contributed by atoms with Crippen LogP contribution in [0.1, 0.15) is 85.9 Å². The van der Waals surface area contributed by atoms with Crippen molar-refractivity contribution < 1.29 is 19.4 Å². The second-order valence-electron chi connectivity index (χ2n) is 10.6. The fraction of sp³-hybridized carbons (Fsp3) is 0.567. The molecule has 4 rings (SSSR count). The molecule has 0 amide bonds. The summed E-state index contributed by atoms with van der Waals surface area (Å²) in [5.74, 6) is 0.619. The Hall–Kier alpha value is -3.15. The van der Waals surface area contributed by atoms with Crippen LogP contribution in [0.4, 0.5) is 5.82 Å². The third-order valence-electron chi connectivity index (χ3n) is 7.58. The summed E-state index contributed by atoms with van der Waals surface area (Å²) in [7, 11) is 1.49. The minimum absolute atomic E-state index is 0.0000459. The number of methoxy groups -OCH3 is 1. The van der Waals surface area contributed by atoms with E-state index in [4.69, 9.17) is 14.5 Å². The summed E-state index contributed by atoms with van der Waals surface area (Å²) in [4.78, 5) is 19.2. The number of carbonyl (C=O) groups is 1. The molecule has 0 aliphatic carbocycles. The first-order valence-electron chi connectivity index (χ1n) is 13.8. The van der Waals surface area contributed by atoms with Gasteiger partial charge < -0.3 is 19.9 Å². The molecule has 2 N–H and O–H groups in total. The minimum Gasteiger partial charge on any atom is -0.495 e. The van der Waals surface area contributed by atoms with Crippen molar-refractivity contribution in [3.8, 4) is 11.8 Å². The van der Waals surface area contributed by atoms with Gasteiger partial charge in [-0.15, -0.1) is 0 Å². The number of nitriles is 1. The number of carboxylic acids is 1. The van der Waals surface area contributed by atoms with Gasteiger partial charge in [0.1, 0.15) is 23.7 Å². The van der Waals surface area contributed by atoms with Gasteiger partial charge in [0.25, 0.3) is 0 Å². The predicted molar refractivity (Wildman–Crippen MR) is 147 cm³/mol. The highest BCUT2D eigenvalue weighted by Crippen LogP contribution is 2.37. The standard InChI is InChI=1S/C30H40N4O4/c1-20(2)22-16-23(18-31)28(37-3)26(17-22)27(30(35)36)34-14-12-25(19-34)38-15-6-4-5-9-24-11-10-21-8-7-13-32-29(21)33-24/h10-11,16-17,20,25,27H,4-9,12-15,19H2,1-3H3,(H,32,33)(H,35,36)/t25-,27+/m1/s1. The first-order chi connectivity index (χ1) is 18.4. The third-order valence-corrected chi connectivity index (χ3v) is 7.58. The highest BCUT2D eigenvalue weighted by atomic mass is 16.5. The number of pyridine rings is 1. The summed E-state index contributed by atoms with van der Waals surface area (Å²) in [6, 6.07) is 9.32. The van der Waals surface area contributed by atoms with Crippen LogP contribution < -0.4 is 10.1 Å². The summed E-state index contributed by atoms with van der Waals surface area (Å²) in [5.41, 5.74) is 4.29. The number of unbranched alkanes of at least 4 members (excludes halogenated alkanes) is 2. The number of aromatic nitrogens is 1. The van der Waals surface area contributed by atoms with Gasteiger partial charge in [-0.1, -0.05) is 26.3 Å². The molecule has 1 fully saturated rings. The van der Waals surface area contributed by atoms with Gasteiger partial charge in [-0.3, -0.25) is 9.69 Å². The van der Waals surface area contributed by atoms with Gasteiger partial charge in [0.05, 0.1) is 18.8 Å². The van der Waals surface area contributed by atoms with Crippen molar-refractivity contribution in [2.45, 2.75) is 76.9 Å². The van der Waals surface area contributed by atoms with E-state index in [1.165, 1.54) is 19.1 Å². The van der Waals surface area contributed by atoms with Crippen molar-refractivity contribution in [3.05, 3.63) is 52.2 Å². The smallest absolute Gasteiger partial charge is 0.325 e. The molecule has 8 heteroatoms. The topological polar surface area (TPSA) is 108 Å². The molecule has 1 aromatic carbocycles. The molecule has 2 aliphatic heterocycles. The molecule has 8 nitrogen and oxygen atoms in total. The molecule has 1 aromatic heterocycles. The molecule has 2 aromatic rings. The zero-order valence-electron chi connectivity index (χ0n) is 22.8. The number of fused-ring (bicyclic) bond motifs is 1. The second-order valence-corrected chi connectivity index (χ2v) is 10.6. The second kappa shape index (κ2) is 13.1. The van der Waals surface area contributed by atoms with Crippen LogP contribution in [0.25, 0.3) is 0 Å². The molecule has 38 heavy (non-hydrogen) atoms. The van der Waals surface area contributed by atoms with Gasteiger partial charge in [0.2, 0.25) is 0 Å². The zero-order chi connectivity index (χ0) is 27.1. The predicted octanol–water partition coefficient (Wildman–Crippen LogP) is 5.07. The number of nitrogens with zero attached hydrogens (tertiary/aromatic N) is 3. The summed E-state index contributed by atoms with van der Waals surface area (Å²) >= 11 is 0. The fourth-order valence-electron chi connectivity index (χ4n) is 5.48. The molecule has 2 atom stereocenters. The largest absolute Gasteiger partial charge is 0.495 e. The number of carboxylic acid groups (broad SMARTS) is 1. The van der Waals surface area contributed by atoms with E-state index in [1.54, 1.807) is 6.07 Å². The van der Waals surface area contributed by atoms with E-state index in [9.17, 15) is 15.2 Å². The van der Waals surface area contributed by atoms with Gasteiger partial charge in [-0.25, -0.2) is 4.98 Å². The molecule has 3 heterocycles. The Kier molecular flexibility index (Phi) is 9.59. The van der Waals surface area contributed by atoms with E-state index in [0.717, 1.165) is 62.1 Å². The number of benzene rings is 1. The van der Waals surface area contributed by atoms with Crippen LogP contribution >= 0.6 is 0 Å². The Morgan fingerprint density at radius 2 is 2.13 bits per heavy atom. The van der Waals surface area contributed by atoms with Crippen LogP contribution in [0.2, 0.25) is 0 Å². The molecule has 2 aliphatic rings. The Balaban J connectivity index is 1.28. The monoisotopic (exact) mass is 520 g/mol. The maximum Gasteiger partial charge on any atom is 0.325 e. The van der Waals surface area contributed by atoms with Crippen LogP contribution in [0.5, 0.6) is 5.75 Å². The molecule has 0 radical (unpaired) electrons. The number of aryl methyl sites for hydroxylation is 2. The van der Waals surface area contributed by atoms with Gasteiger partial charge in [0.15, 0.2) is 0 Å². The summed E-state index contributed by atoms with van der Waals surface area (Å²) in [5, 5.41) is 23.3. The Bertz CT molecular complexity index is 1160. The lowest BCUT2D eigenvalue weighted by Crippen LogP contribution is -2.34. The quantitative estimate of drug-likeness (QED) is 0.374. The average molecular weight is 521 g/mol. The molecular formula is C30H40N4O4. The maximum absolute atomic E-state index is 12.4. The highest BCUT2D eigenvalue weighted by molar-refractivity contribution is 5.78. The molecule has 1 saturated heterocycles. The first-order valence-corrected chi connectivity index (χ1v) is 13.8. The first kappa shape index (κ1) is 27.9. The van der Waals surface area contributed by atoms with Crippen LogP contribution in [0.15, 0.2) is 24.3 Å². The molecule has 0 spiro atoms. The van der Waals surface area contributed by atoms with Crippen molar-refractivity contribution in [3.63, 3.8) is 0 Å². The molecule has 204 valence electrons. The van der Waals surface area contributed by atoms with Crippen molar-refractivity contribution in [2.75, 3.05) is 38.7 Å². The van der Waals surface area contributed by atoms with Gasteiger partial charge in [0, 0.05) is 37.5 Å². The number of ether oxygens (including phenoxy) is 2. The zero-order valence-corrected chi connectivity index (χ0v) is 22.8. The SMILES string of the molecule is COc1c(C#N)cc(C(C)C)cc1[C@@H](C(=O)O)N1CC[C@@H](OCCCCCc2ccc3c(n2)NCCC3)C1. The van der Waals surface area contributed by atoms with Gasteiger partial charge in [-0.05, 0) is 73.8 Å². The molecular weight excluding hydrogens is 480 g/mol. The van der Waals surface area contributed by atoms with Crippen LogP contribution in [-0.4, -0.2) is 60.4 Å². The fourth-order valence-corrected chi connectivity index (χ4v) is 5.48. The number of rotatable bonds is 12. The normalized spacial score (nSPS) is 18.0. The Morgan fingerprint density at radius 1 is 1.29 bits per heavy atom. The van der Waals surface area contributed by atoms with Crippen molar-refractivity contribution in [1.29, 1.82) is 5.26 Å². The third kappa shape index (κ3) is 6.64. The van der Waals surface area contributed by atoms with E-state index in [0.29, 0.717) is 36.6 Å². The van der Waals surface area contributed by atoms with E-state index in [1.807, 2.05) is 24.8 Å². The minimum atomic E-state index is -0.945. The number of likely N-dealkylation sites (tertiary alicyclic amines) is 1. The van der Waals surface area contributed by atoms with E-state index in [2.05, 4.69) is 23.5 Å². The van der Waals surface area contributed by atoms with E-state index >= 15 is 0 Å². The van der Waals surface area contributed by atoms with Gasteiger partial charge >= 0.3 is 5.97 Å². The van der Waals surface area contributed by atoms with Crippen molar-refractivity contribution >= 4 is 11.8 Å². The lowest BCUT2D eigenvalue weighted by molar-refractivity contribution is -0.143. The molecule has 0 bridgehead atoms. The van der Waals surface area contributed by atoms with Crippen molar-refractivity contribution in [1.82, 2.24) is 9.88 Å². The number of anilines is 1. The lowest BCUT2D eigenvalue weighted by atomic mass is 9.93. The Morgan fingerprint density at radius 3 is 2.87 bits per heavy atom. The number of hydrogen-bond acceptors (Lipinski definition) is 7. The summed E-state index contributed by atoms with van der Waals surface area (Å²) in [6.07, 6.45) is 7.14. The van der Waals surface area contributed by atoms with Crippen LogP contribution in [0.3, 0.4) is 0 Å². The van der Waals surface area contributed by atoms with Crippen LogP contribution in [0, 0.1) is 11.3 Å². The maximum atomic E-state index is 12.4. The number of nitrogens with one attached hydrogen (secondary N) is 1. The number of hydrogen-bond donors (Lipinski definition) is 2. The van der Waals surface area contributed by atoms with Gasteiger partial charge in [-0.2, -0.15) is 5.26 Å². The van der Waals surface area contributed by atoms with E-state index < -0.39 is 12.0 Å². The Labute approximate surface area is 226 Å². The molecule has 0 unspecified atom stereocenters. The van der Waals surface area contributed by atoms with E-state index in [-0.39, 0.29) is 12.0 Å². The summed E-state index contributed by atoms with van der Waals surface area (Å²) < 4.78 is 11.7. The number of aliphatic carboxylic acids is 1. The molecule has 0 saturated carbocycles.